The summed E-state index contributed by atoms with van der Waals surface area (Å²) in [6.45, 7) is 1.87. The second-order valence-corrected chi connectivity index (χ2v) is 11.8. The first-order chi connectivity index (χ1) is 22.1. The smallest absolute Gasteiger partial charge is 0.220 e. The van der Waals surface area contributed by atoms with E-state index in [0.717, 1.165) is 0 Å². The molecule has 0 aromatic rings. The van der Waals surface area contributed by atoms with E-state index in [-0.39, 0.29) is 44.0 Å². The summed E-state index contributed by atoms with van der Waals surface area (Å²) in [4.78, 5) is 35.8. The molecule has 11 unspecified atom stereocenters. The molecule has 0 aliphatic carbocycles. The van der Waals surface area contributed by atoms with Crippen LogP contribution in [0.2, 0.25) is 0 Å². The Morgan fingerprint density at radius 2 is 1.37 bits per heavy atom. The lowest BCUT2D eigenvalue weighted by atomic mass is 9.91. The van der Waals surface area contributed by atoms with Crippen molar-refractivity contribution in [2.45, 2.75) is 126 Å². The molecule has 2 fully saturated rings. The van der Waals surface area contributed by atoms with Crippen LogP contribution in [0.3, 0.4) is 0 Å². The molecule has 2 aliphatic rings. The van der Waals surface area contributed by atoms with Crippen LogP contribution in [0.25, 0.3) is 0 Å². The highest BCUT2D eigenvalue weighted by Gasteiger charge is 2.44. The van der Waals surface area contributed by atoms with Gasteiger partial charge in [0.25, 0.3) is 0 Å². The number of carbonyl (C=O) groups excluding carboxylic acids is 3. The molecule has 46 heavy (non-hydrogen) atoms. The fraction of sp³-hybridized carbons (Fsp3) is 0.900. The van der Waals surface area contributed by atoms with Crippen molar-refractivity contribution < 1.29 is 68.7 Å². The third kappa shape index (κ3) is 13.0. The molecule has 0 saturated carbocycles. The molecule has 2 heterocycles. The minimum Gasteiger partial charge on any atom is -0.394 e. The summed E-state index contributed by atoms with van der Waals surface area (Å²) in [5, 5.41) is 64.2. The second-order valence-electron chi connectivity index (χ2n) is 11.8. The van der Waals surface area contributed by atoms with Gasteiger partial charge in [-0.1, -0.05) is 6.92 Å². The van der Waals surface area contributed by atoms with Crippen molar-refractivity contribution in [1.29, 1.82) is 0 Å². The van der Waals surface area contributed by atoms with Crippen LogP contribution >= 0.6 is 0 Å². The van der Waals surface area contributed by atoms with Gasteiger partial charge in [-0.15, -0.1) is 0 Å². The van der Waals surface area contributed by atoms with E-state index < -0.39 is 68.0 Å². The number of aliphatic hydroxyl groups is 6. The zero-order valence-electron chi connectivity index (χ0n) is 26.8. The third-order valence-corrected chi connectivity index (χ3v) is 8.26. The summed E-state index contributed by atoms with van der Waals surface area (Å²) >= 11 is 0. The highest BCUT2D eigenvalue weighted by Crippen LogP contribution is 2.28. The van der Waals surface area contributed by atoms with Crippen molar-refractivity contribution in [3.05, 3.63) is 0 Å². The lowest BCUT2D eigenvalue weighted by Crippen LogP contribution is -2.59. The Morgan fingerprint density at radius 3 is 1.96 bits per heavy atom. The Hall–Kier alpha value is -1.83. The molecule has 16 heteroatoms. The van der Waals surface area contributed by atoms with Gasteiger partial charge in [0, 0.05) is 45.6 Å². The number of hydrogen-bond acceptors (Lipinski definition) is 14. The number of carbonyl (C=O) groups is 3. The van der Waals surface area contributed by atoms with Crippen LogP contribution < -0.4 is 10.6 Å². The molecule has 0 spiro atoms. The van der Waals surface area contributed by atoms with Crippen LogP contribution in [0.5, 0.6) is 0 Å². The Balaban J connectivity index is 1.49. The summed E-state index contributed by atoms with van der Waals surface area (Å²) in [5.41, 5.74) is 0. The van der Waals surface area contributed by atoms with Crippen LogP contribution in [0, 0.1) is 5.92 Å². The minimum absolute atomic E-state index is 0.104. The lowest BCUT2D eigenvalue weighted by molar-refractivity contribution is -0.301. The molecule has 0 radical (unpaired) electrons. The summed E-state index contributed by atoms with van der Waals surface area (Å²) in [6, 6.07) is -0.643. The first kappa shape index (κ1) is 40.3. The molecule has 16 nitrogen and oxygen atoms in total. The van der Waals surface area contributed by atoms with E-state index in [9.17, 15) is 45.0 Å². The van der Waals surface area contributed by atoms with Gasteiger partial charge >= 0.3 is 0 Å². The van der Waals surface area contributed by atoms with Gasteiger partial charge in [0.05, 0.1) is 31.5 Å². The summed E-state index contributed by atoms with van der Waals surface area (Å²) in [6.07, 6.45) is -4.87. The molecular weight excluding hydrogens is 612 g/mol. The molecule has 0 aromatic heterocycles. The molecule has 2 amide bonds. The van der Waals surface area contributed by atoms with E-state index in [0.29, 0.717) is 64.2 Å². The largest absolute Gasteiger partial charge is 0.394 e. The van der Waals surface area contributed by atoms with Crippen molar-refractivity contribution in [3.63, 3.8) is 0 Å². The van der Waals surface area contributed by atoms with E-state index in [4.69, 9.17) is 23.7 Å². The molecule has 8 N–H and O–H groups in total. The molecular formula is C30H54N2O14. The summed E-state index contributed by atoms with van der Waals surface area (Å²) < 4.78 is 27.3. The van der Waals surface area contributed by atoms with Crippen LogP contribution in [-0.2, 0) is 38.1 Å². The molecule has 2 aliphatic heterocycles. The van der Waals surface area contributed by atoms with Crippen molar-refractivity contribution in [1.82, 2.24) is 10.6 Å². The molecule has 0 aromatic carbocycles. The first-order valence-corrected chi connectivity index (χ1v) is 16.1. The highest BCUT2D eigenvalue weighted by molar-refractivity contribution is 5.79. The number of ether oxygens (including phenoxy) is 5. The van der Waals surface area contributed by atoms with Crippen molar-refractivity contribution in [2.75, 3.05) is 40.1 Å². The number of aliphatic hydroxyl groups excluding tert-OH is 6. The van der Waals surface area contributed by atoms with E-state index in [1.807, 2.05) is 6.92 Å². The van der Waals surface area contributed by atoms with Crippen LogP contribution in [0.1, 0.15) is 64.7 Å². The number of hydrogen-bond donors (Lipinski definition) is 8. The van der Waals surface area contributed by atoms with Gasteiger partial charge in [0.2, 0.25) is 11.8 Å². The SMILES string of the molecule is COC1C(C)C(CO)OC(OCCCCC(=O)NCCCCC(C=O)NC(=O)CCCCOC2OC(CO)C(O)C(O)C2O)C1O. The molecule has 11 atom stereocenters. The topological polar surface area (TPSA) is 243 Å². The number of aldehydes is 1. The Morgan fingerprint density at radius 1 is 0.783 bits per heavy atom. The fourth-order valence-corrected chi connectivity index (χ4v) is 5.39. The van der Waals surface area contributed by atoms with E-state index >= 15 is 0 Å². The average molecular weight is 667 g/mol. The second kappa shape index (κ2) is 21.9. The molecule has 2 saturated heterocycles. The Kier molecular flexibility index (Phi) is 19.2. The first-order valence-electron chi connectivity index (χ1n) is 16.1. The van der Waals surface area contributed by atoms with E-state index in [1.165, 1.54) is 7.11 Å². The standard InChI is InChI=1S/C30H54N2O14/c1-18-20(16-34)45-30(27(41)28(18)42-2)44-14-7-4-10-22(36)31-12-6-3-9-19(15-33)32-23(37)11-5-8-13-43-29-26(40)25(39)24(38)21(17-35)46-29/h15,18-21,24-30,34-35,38-41H,3-14,16-17H2,1-2H3,(H,31,36)(H,32,37). The number of nitrogens with one attached hydrogen (secondary N) is 2. The predicted octanol–water partition coefficient (Wildman–Crippen LogP) is -2.14. The maximum absolute atomic E-state index is 12.2. The van der Waals surface area contributed by atoms with Gasteiger partial charge in [-0.3, -0.25) is 9.59 Å². The lowest BCUT2D eigenvalue weighted by Gasteiger charge is -2.42. The highest BCUT2D eigenvalue weighted by atomic mass is 16.7. The minimum atomic E-state index is -1.52. The quantitative estimate of drug-likeness (QED) is 0.0454. The van der Waals surface area contributed by atoms with Crippen molar-refractivity contribution in [3.8, 4) is 0 Å². The zero-order chi connectivity index (χ0) is 34.1. The van der Waals surface area contributed by atoms with Gasteiger partial charge in [0.15, 0.2) is 12.6 Å². The Labute approximate surface area is 269 Å². The normalized spacial score (nSPS) is 32.1. The maximum atomic E-state index is 12.2. The third-order valence-electron chi connectivity index (χ3n) is 8.26. The summed E-state index contributed by atoms with van der Waals surface area (Å²) in [5.74, 6) is -0.607. The summed E-state index contributed by atoms with van der Waals surface area (Å²) in [7, 11) is 1.49. The monoisotopic (exact) mass is 666 g/mol. The van der Waals surface area contributed by atoms with Crippen LogP contribution in [0.15, 0.2) is 0 Å². The molecule has 0 bridgehead atoms. The van der Waals surface area contributed by atoms with Gasteiger partial charge in [-0.05, 0) is 44.9 Å². The zero-order valence-corrected chi connectivity index (χ0v) is 26.8. The number of rotatable bonds is 22. The van der Waals surface area contributed by atoms with E-state index in [1.54, 1.807) is 0 Å². The molecule has 268 valence electrons. The average Bonchev–Trinajstić information content (AvgIpc) is 3.04. The van der Waals surface area contributed by atoms with Gasteiger partial charge in [0.1, 0.15) is 36.8 Å². The Bertz CT molecular complexity index is 883. The van der Waals surface area contributed by atoms with Crippen molar-refractivity contribution >= 4 is 18.1 Å². The van der Waals surface area contributed by atoms with E-state index in [2.05, 4.69) is 10.6 Å². The van der Waals surface area contributed by atoms with Crippen LogP contribution in [-0.4, -0.2) is 150 Å². The van der Waals surface area contributed by atoms with Crippen molar-refractivity contribution in [2.24, 2.45) is 5.92 Å². The van der Waals surface area contributed by atoms with Gasteiger partial charge in [-0.25, -0.2) is 0 Å². The predicted molar refractivity (Wildman–Crippen MR) is 160 cm³/mol. The molecule has 2 rings (SSSR count). The van der Waals surface area contributed by atoms with Gasteiger partial charge < -0.3 is 69.8 Å². The fourth-order valence-electron chi connectivity index (χ4n) is 5.39. The van der Waals surface area contributed by atoms with Crippen LogP contribution in [0.4, 0.5) is 0 Å². The number of amides is 2. The van der Waals surface area contributed by atoms with Gasteiger partial charge in [-0.2, -0.15) is 0 Å². The number of unbranched alkanes of at least 4 members (excludes halogenated alkanes) is 3. The number of methoxy groups -OCH3 is 1. The maximum Gasteiger partial charge on any atom is 0.220 e.